The van der Waals surface area contributed by atoms with Crippen LogP contribution in [0.2, 0.25) is 0 Å². The van der Waals surface area contributed by atoms with E-state index in [0.29, 0.717) is 6.54 Å². The predicted molar refractivity (Wildman–Crippen MR) is 90.5 cm³/mol. The van der Waals surface area contributed by atoms with Crippen molar-refractivity contribution in [3.05, 3.63) is 51.7 Å². The molecule has 21 heavy (non-hydrogen) atoms. The first-order valence-electron chi connectivity index (χ1n) is 7.25. The molecule has 0 bridgehead atoms. The molecule has 2 aromatic rings. The number of amides is 1. The van der Waals surface area contributed by atoms with Crippen molar-refractivity contribution in [3.63, 3.8) is 0 Å². The smallest absolute Gasteiger partial charge is 0.261 e. The highest BCUT2D eigenvalue weighted by molar-refractivity contribution is 7.14. The molecule has 1 N–H and O–H groups in total. The van der Waals surface area contributed by atoms with E-state index in [0.717, 1.165) is 23.5 Å². The molecule has 0 spiro atoms. The second-order valence-electron chi connectivity index (χ2n) is 5.06. The zero-order valence-corrected chi connectivity index (χ0v) is 13.7. The monoisotopic (exact) mass is 302 g/mol. The zero-order chi connectivity index (χ0) is 15.2. The normalized spacial score (nSPS) is 10.4. The number of rotatable bonds is 6. The number of benzene rings is 1. The van der Waals surface area contributed by atoms with Crippen LogP contribution in [0.5, 0.6) is 0 Å². The average molecular weight is 302 g/mol. The Hall–Kier alpha value is -1.81. The number of aryl methyl sites for hydroxylation is 2. The summed E-state index contributed by atoms with van der Waals surface area (Å²) < 4.78 is 0. The number of nitrogens with one attached hydrogen (secondary N) is 1. The lowest BCUT2D eigenvalue weighted by Crippen LogP contribution is -2.32. The zero-order valence-electron chi connectivity index (χ0n) is 12.8. The molecule has 0 radical (unpaired) electrons. The summed E-state index contributed by atoms with van der Waals surface area (Å²) in [6.07, 6.45) is 0.979. The lowest BCUT2D eigenvalue weighted by Gasteiger charge is -2.19. The van der Waals surface area contributed by atoms with Crippen LogP contribution in [0, 0.1) is 6.92 Å². The number of likely N-dealkylation sites (N-methyl/N-ethyl adjacent to an activating group) is 1. The van der Waals surface area contributed by atoms with Gasteiger partial charge < -0.3 is 10.2 Å². The van der Waals surface area contributed by atoms with Gasteiger partial charge in [0, 0.05) is 30.7 Å². The SMILES string of the molecule is CCc1cc(C(=O)NCCN(C)c2ccccc2)sc1C. The fourth-order valence-corrected chi connectivity index (χ4v) is 3.25. The lowest BCUT2D eigenvalue weighted by molar-refractivity contribution is 0.0958. The number of hydrogen-bond donors (Lipinski definition) is 1. The number of para-hydroxylation sites is 1. The highest BCUT2D eigenvalue weighted by Gasteiger charge is 2.11. The Labute approximate surface area is 130 Å². The van der Waals surface area contributed by atoms with Gasteiger partial charge >= 0.3 is 0 Å². The Kier molecular flexibility index (Phi) is 5.39. The van der Waals surface area contributed by atoms with Crippen molar-refractivity contribution < 1.29 is 4.79 Å². The molecule has 0 aliphatic heterocycles. The van der Waals surface area contributed by atoms with Gasteiger partial charge in [0.15, 0.2) is 0 Å². The van der Waals surface area contributed by atoms with Gasteiger partial charge in [0.05, 0.1) is 4.88 Å². The van der Waals surface area contributed by atoms with Crippen LogP contribution in [-0.4, -0.2) is 26.0 Å². The van der Waals surface area contributed by atoms with E-state index in [1.54, 1.807) is 11.3 Å². The van der Waals surface area contributed by atoms with Gasteiger partial charge in [-0.25, -0.2) is 0 Å². The van der Waals surface area contributed by atoms with E-state index in [9.17, 15) is 4.79 Å². The third-order valence-electron chi connectivity index (χ3n) is 3.56. The van der Waals surface area contributed by atoms with Crippen LogP contribution in [0.15, 0.2) is 36.4 Å². The molecule has 1 aromatic carbocycles. The second-order valence-corrected chi connectivity index (χ2v) is 6.31. The number of nitrogens with zero attached hydrogens (tertiary/aromatic N) is 1. The van der Waals surface area contributed by atoms with Gasteiger partial charge in [0.1, 0.15) is 0 Å². The molecule has 1 heterocycles. The lowest BCUT2D eigenvalue weighted by atomic mass is 10.2. The number of hydrogen-bond acceptors (Lipinski definition) is 3. The number of carbonyl (C=O) groups is 1. The molecule has 0 unspecified atom stereocenters. The summed E-state index contributed by atoms with van der Waals surface area (Å²) >= 11 is 1.58. The van der Waals surface area contributed by atoms with Gasteiger partial charge in [-0.3, -0.25) is 4.79 Å². The van der Waals surface area contributed by atoms with Gasteiger partial charge in [-0.1, -0.05) is 25.1 Å². The molecule has 4 heteroatoms. The number of thiophene rings is 1. The molecular weight excluding hydrogens is 280 g/mol. The second kappa shape index (κ2) is 7.27. The third kappa shape index (κ3) is 4.08. The summed E-state index contributed by atoms with van der Waals surface area (Å²) in [5, 5.41) is 2.99. The van der Waals surface area contributed by atoms with E-state index in [1.807, 2.05) is 31.3 Å². The first-order valence-corrected chi connectivity index (χ1v) is 8.07. The van der Waals surface area contributed by atoms with Gasteiger partial charge in [-0.15, -0.1) is 11.3 Å². The third-order valence-corrected chi connectivity index (χ3v) is 4.65. The minimum absolute atomic E-state index is 0.0317. The van der Waals surface area contributed by atoms with Crippen LogP contribution in [0.3, 0.4) is 0 Å². The van der Waals surface area contributed by atoms with Crippen molar-refractivity contribution in [2.24, 2.45) is 0 Å². The first kappa shape index (κ1) is 15.6. The summed E-state index contributed by atoms with van der Waals surface area (Å²) in [5.41, 5.74) is 2.43. The Morgan fingerprint density at radius 2 is 2.00 bits per heavy atom. The summed E-state index contributed by atoms with van der Waals surface area (Å²) in [5.74, 6) is 0.0317. The van der Waals surface area contributed by atoms with Gasteiger partial charge in [-0.2, -0.15) is 0 Å². The first-order chi connectivity index (χ1) is 10.1. The van der Waals surface area contributed by atoms with Crippen LogP contribution in [0.25, 0.3) is 0 Å². The number of anilines is 1. The molecular formula is C17H22N2OS. The predicted octanol–water partition coefficient (Wildman–Crippen LogP) is 3.49. The fourth-order valence-electron chi connectivity index (χ4n) is 2.22. The molecule has 0 aliphatic rings. The van der Waals surface area contributed by atoms with Crippen LogP contribution in [0.1, 0.15) is 27.0 Å². The van der Waals surface area contributed by atoms with Crippen molar-refractivity contribution in [1.82, 2.24) is 5.32 Å². The Balaban J connectivity index is 1.84. The fraction of sp³-hybridized carbons (Fsp3) is 0.353. The Bertz CT molecular complexity index is 592. The van der Waals surface area contributed by atoms with E-state index >= 15 is 0 Å². The number of carbonyl (C=O) groups excluding carboxylic acids is 1. The van der Waals surface area contributed by atoms with E-state index < -0.39 is 0 Å². The van der Waals surface area contributed by atoms with Crippen molar-refractivity contribution in [3.8, 4) is 0 Å². The summed E-state index contributed by atoms with van der Waals surface area (Å²) in [7, 11) is 2.03. The summed E-state index contributed by atoms with van der Waals surface area (Å²) in [6.45, 7) is 5.62. The standard InChI is InChI=1S/C17H22N2OS/c1-4-14-12-16(21-13(14)2)17(20)18-10-11-19(3)15-8-6-5-7-9-15/h5-9,12H,4,10-11H2,1-3H3,(H,18,20). The molecule has 0 saturated heterocycles. The van der Waals surface area contributed by atoms with Crippen LogP contribution in [0.4, 0.5) is 5.69 Å². The Morgan fingerprint density at radius 1 is 1.29 bits per heavy atom. The van der Waals surface area contributed by atoms with Crippen molar-refractivity contribution in [2.45, 2.75) is 20.3 Å². The van der Waals surface area contributed by atoms with E-state index in [1.165, 1.54) is 10.4 Å². The molecule has 112 valence electrons. The highest BCUT2D eigenvalue weighted by atomic mass is 32.1. The molecule has 0 saturated carbocycles. The van der Waals surface area contributed by atoms with Crippen LogP contribution < -0.4 is 10.2 Å². The highest BCUT2D eigenvalue weighted by Crippen LogP contribution is 2.21. The largest absolute Gasteiger partial charge is 0.373 e. The molecule has 1 amide bonds. The molecule has 0 aliphatic carbocycles. The minimum Gasteiger partial charge on any atom is -0.373 e. The average Bonchev–Trinajstić information content (AvgIpc) is 2.89. The van der Waals surface area contributed by atoms with Gasteiger partial charge in [0.2, 0.25) is 0 Å². The van der Waals surface area contributed by atoms with Crippen molar-refractivity contribution in [1.29, 1.82) is 0 Å². The molecule has 2 rings (SSSR count). The quantitative estimate of drug-likeness (QED) is 0.886. The van der Waals surface area contributed by atoms with Crippen LogP contribution >= 0.6 is 11.3 Å². The van der Waals surface area contributed by atoms with E-state index in [-0.39, 0.29) is 5.91 Å². The van der Waals surface area contributed by atoms with E-state index in [2.05, 4.69) is 36.2 Å². The van der Waals surface area contributed by atoms with Gasteiger partial charge in [0.25, 0.3) is 5.91 Å². The maximum absolute atomic E-state index is 12.1. The maximum atomic E-state index is 12.1. The topological polar surface area (TPSA) is 32.3 Å². The molecule has 1 aromatic heterocycles. The molecule has 0 fully saturated rings. The van der Waals surface area contributed by atoms with Crippen molar-refractivity contribution in [2.75, 3.05) is 25.0 Å². The molecule has 0 atom stereocenters. The van der Waals surface area contributed by atoms with Crippen molar-refractivity contribution >= 4 is 22.9 Å². The van der Waals surface area contributed by atoms with E-state index in [4.69, 9.17) is 0 Å². The van der Waals surface area contributed by atoms with Crippen LogP contribution in [-0.2, 0) is 6.42 Å². The molecule has 3 nitrogen and oxygen atoms in total. The maximum Gasteiger partial charge on any atom is 0.261 e. The summed E-state index contributed by atoms with van der Waals surface area (Å²) in [6, 6.07) is 12.2. The summed E-state index contributed by atoms with van der Waals surface area (Å²) in [4.78, 5) is 16.3. The Morgan fingerprint density at radius 3 is 2.62 bits per heavy atom. The van der Waals surface area contributed by atoms with Gasteiger partial charge in [-0.05, 0) is 37.1 Å². The minimum atomic E-state index is 0.0317.